The van der Waals surface area contributed by atoms with Crippen molar-refractivity contribution in [3.8, 4) is 0 Å². The zero-order chi connectivity index (χ0) is 12.3. The first-order chi connectivity index (χ1) is 8.72. The Labute approximate surface area is 110 Å². The number of carbonyl (C=O) groups is 1. The van der Waals surface area contributed by atoms with E-state index in [9.17, 15) is 9.90 Å². The molecule has 5 rings (SSSR count). The van der Waals surface area contributed by atoms with Crippen molar-refractivity contribution in [1.29, 1.82) is 0 Å². The van der Waals surface area contributed by atoms with E-state index in [1.54, 1.807) is 0 Å². The summed E-state index contributed by atoms with van der Waals surface area (Å²) in [5.74, 6) is 2.68. The van der Waals surface area contributed by atoms with Crippen molar-refractivity contribution in [1.82, 2.24) is 9.59 Å². The van der Waals surface area contributed by atoms with E-state index < -0.39 is 5.97 Å². The third-order valence-corrected chi connectivity index (χ3v) is 5.98. The number of nitrogens with zero attached hydrogens (tertiary/aromatic N) is 2. The van der Waals surface area contributed by atoms with Crippen LogP contribution in [0.5, 0.6) is 0 Å². The summed E-state index contributed by atoms with van der Waals surface area (Å²) in [7, 11) is 0. The lowest BCUT2D eigenvalue weighted by molar-refractivity contribution is -0.00451. The summed E-state index contributed by atoms with van der Waals surface area (Å²) in [4.78, 5) is 11.6. The molecule has 1 aromatic rings. The predicted octanol–water partition coefficient (Wildman–Crippen LogP) is 2.78. The van der Waals surface area contributed by atoms with Gasteiger partial charge in [0.2, 0.25) is 0 Å². The molecule has 4 aliphatic carbocycles. The van der Waals surface area contributed by atoms with Crippen molar-refractivity contribution >= 4 is 17.5 Å². The average molecular weight is 264 g/mol. The zero-order valence-electron chi connectivity index (χ0n) is 10.1. The fourth-order valence-corrected chi connectivity index (χ4v) is 5.49. The van der Waals surface area contributed by atoms with Gasteiger partial charge in [0.1, 0.15) is 0 Å². The molecule has 5 heteroatoms. The number of carboxylic acids is 1. The van der Waals surface area contributed by atoms with Crippen LogP contribution in [0.25, 0.3) is 0 Å². The van der Waals surface area contributed by atoms with Gasteiger partial charge in [0.15, 0.2) is 4.88 Å². The van der Waals surface area contributed by atoms with Gasteiger partial charge >= 0.3 is 5.97 Å². The molecule has 4 aliphatic rings. The van der Waals surface area contributed by atoms with Crippen LogP contribution < -0.4 is 0 Å². The van der Waals surface area contributed by atoms with Crippen molar-refractivity contribution in [2.45, 2.75) is 38.0 Å². The summed E-state index contributed by atoms with van der Waals surface area (Å²) in [6.07, 6.45) is 6.56. The third kappa shape index (κ3) is 1.46. The first-order valence-electron chi connectivity index (χ1n) is 6.78. The van der Waals surface area contributed by atoms with Gasteiger partial charge in [-0.25, -0.2) is 4.79 Å². The van der Waals surface area contributed by atoms with Gasteiger partial charge < -0.3 is 5.11 Å². The van der Waals surface area contributed by atoms with Crippen LogP contribution >= 0.6 is 11.5 Å². The lowest BCUT2D eigenvalue weighted by atomic mass is 9.51. The van der Waals surface area contributed by atoms with Crippen molar-refractivity contribution in [3.63, 3.8) is 0 Å². The highest BCUT2D eigenvalue weighted by molar-refractivity contribution is 7.07. The molecule has 0 saturated heterocycles. The summed E-state index contributed by atoms with van der Waals surface area (Å²) >= 11 is 1.04. The normalized spacial score (nSPS) is 41.2. The Kier molecular flexibility index (Phi) is 2.28. The summed E-state index contributed by atoms with van der Waals surface area (Å²) in [5.41, 5.74) is 0.793. The van der Waals surface area contributed by atoms with E-state index in [0.717, 1.165) is 29.1 Å². The Hall–Kier alpha value is -0.970. The molecule has 4 saturated carbocycles. The van der Waals surface area contributed by atoms with E-state index in [2.05, 4.69) is 9.59 Å². The van der Waals surface area contributed by atoms with Crippen LogP contribution in [0, 0.1) is 23.7 Å². The second-order valence-electron chi connectivity index (χ2n) is 6.25. The van der Waals surface area contributed by atoms with Crippen LogP contribution in [-0.2, 0) is 0 Å². The number of rotatable bonds is 2. The topological polar surface area (TPSA) is 63.1 Å². The van der Waals surface area contributed by atoms with E-state index in [1.165, 1.54) is 32.1 Å². The molecule has 4 nitrogen and oxygen atoms in total. The number of hydrogen-bond acceptors (Lipinski definition) is 4. The Morgan fingerprint density at radius 1 is 1.11 bits per heavy atom. The van der Waals surface area contributed by atoms with Crippen LogP contribution in [0.15, 0.2) is 0 Å². The smallest absolute Gasteiger partial charge is 0.349 e. The van der Waals surface area contributed by atoms with E-state index in [-0.39, 0.29) is 0 Å². The highest BCUT2D eigenvalue weighted by atomic mass is 32.1. The molecule has 0 spiro atoms. The molecule has 0 aliphatic heterocycles. The van der Waals surface area contributed by atoms with Crippen molar-refractivity contribution in [2.75, 3.05) is 0 Å². The maximum atomic E-state index is 11.2. The Morgan fingerprint density at radius 2 is 1.72 bits per heavy atom. The van der Waals surface area contributed by atoms with Gasteiger partial charge in [0.05, 0.1) is 5.69 Å². The molecule has 1 aromatic heterocycles. The quantitative estimate of drug-likeness (QED) is 0.892. The van der Waals surface area contributed by atoms with Crippen molar-refractivity contribution in [2.24, 2.45) is 23.7 Å². The second-order valence-corrected chi connectivity index (χ2v) is 7.00. The fraction of sp³-hybridized carbons (Fsp3) is 0.769. The zero-order valence-corrected chi connectivity index (χ0v) is 10.9. The average Bonchev–Trinajstić information content (AvgIpc) is 2.76. The van der Waals surface area contributed by atoms with Crippen LogP contribution in [0.2, 0.25) is 0 Å². The predicted molar refractivity (Wildman–Crippen MR) is 66.7 cm³/mol. The Balaban J connectivity index is 1.72. The molecule has 1 N–H and O–H groups in total. The van der Waals surface area contributed by atoms with Gasteiger partial charge in [0, 0.05) is 5.92 Å². The molecule has 18 heavy (non-hydrogen) atoms. The number of aromatic nitrogens is 2. The maximum absolute atomic E-state index is 11.2. The molecule has 0 radical (unpaired) electrons. The highest BCUT2D eigenvalue weighted by Crippen LogP contribution is 2.59. The lowest BCUT2D eigenvalue weighted by Crippen LogP contribution is -2.44. The molecule has 0 amide bonds. The molecule has 0 atom stereocenters. The number of aromatic carboxylic acids is 1. The van der Waals surface area contributed by atoms with E-state index in [4.69, 9.17) is 0 Å². The molecular weight excluding hydrogens is 248 g/mol. The molecule has 4 fully saturated rings. The van der Waals surface area contributed by atoms with Gasteiger partial charge in [-0.3, -0.25) is 0 Å². The van der Waals surface area contributed by atoms with E-state index in [1.807, 2.05) is 0 Å². The molecule has 96 valence electrons. The van der Waals surface area contributed by atoms with Gasteiger partial charge in [0.25, 0.3) is 0 Å². The lowest BCUT2D eigenvalue weighted by Gasteiger charge is -2.54. The third-order valence-electron chi connectivity index (χ3n) is 5.25. The SMILES string of the molecule is O=C(O)c1snnc1C1C2CC3CC(C2)CC1C3. The van der Waals surface area contributed by atoms with Gasteiger partial charge in [-0.05, 0) is 67.3 Å². The monoisotopic (exact) mass is 264 g/mol. The minimum absolute atomic E-state index is 0.377. The van der Waals surface area contributed by atoms with E-state index in [0.29, 0.717) is 22.6 Å². The fourth-order valence-electron chi connectivity index (χ4n) is 4.94. The molecule has 4 bridgehead atoms. The van der Waals surface area contributed by atoms with Crippen molar-refractivity contribution in [3.05, 3.63) is 10.6 Å². The first-order valence-corrected chi connectivity index (χ1v) is 7.55. The summed E-state index contributed by atoms with van der Waals surface area (Å²) in [5, 5.41) is 13.4. The Morgan fingerprint density at radius 3 is 2.28 bits per heavy atom. The van der Waals surface area contributed by atoms with Crippen molar-refractivity contribution < 1.29 is 9.90 Å². The second kappa shape index (κ2) is 3.76. The molecular formula is C13H16N2O2S. The summed E-state index contributed by atoms with van der Waals surface area (Å²) in [6.45, 7) is 0. The van der Waals surface area contributed by atoms with Gasteiger partial charge in [-0.2, -0.15) is 0 Å². The van der Waals surface area contributed by atoms with Crippen LogP contribution in [0.4, 0.5) is 0 Å². The number of hydrogen-bond donors (Lipinski definition) is 1. The molecule has 1 heterocycles. The van der Waals surface area contributed by atoms with Gasteiger partial charge in [-0.1, -0.05) is 4.49 Å². The minimum Gasteiger partial charge on any atom is -0.477 e. The summed E-state index contributed by atoms with van der Waals surface area (Å²) in [6, 6.07) is 0. The maximum Gasteiger partial charge on any atom is 0.349 e. The molecule has 0 aromatic carbocycles. The van der Waals surface area contributed by atoms with Crippen LogP contribution in [0.3, 0.4) is 0 Å². The standard InChI is InChI=1S/C13H16N2O2S/c16-13(17)12-11(14-15-18-12)10-8-2-6-1-7(4-8)5-9(10)3-6/h6-10H,1-5H2,(H,16,17). The number of carboxylic acid groups (broad SMARTS) is 1. The minimum atomic E-state index is -0.853. The van der Waals surface area contributed by atoms with E-state index >= 15 is 0 Å². The van der Waals surface area contributed by atoms with Crippen LogP contribution in [-0.4, -0.2) is 20.7 Å². The summed E-state index contributed by atoms with van der Waals surface area (Å²) < 4.78 is 3.89. The largest absolute Gasteiger partial charge is 0.477 e. The first kappa shape index (κ1) is 10.9. The Bertz CT molecular complexity index is 471. The van der Waals surface area contributed by atoms with Crippen LogP contribution in [0.1, 0.15) is 53.4 Å². The highest BCUT2D eigenvalue weighted by Gasteiger charge is 2.50. The molecule has 0 unspecified atom stereocenters. The van der Waals surface area contributed by atoms with Gasteiger partial charge in [-0.15, -0.1) is 5.10 Å².